The van der Waals surface area contributed by atoms with Gasteiger partial charge < -0.3 is 14.8 Å². The molecule has 2 rings (SSSR count). The van der Waals surface area contributed by atoms with Crippen LogP contribution in [0.2, 0.25) is 0 Å². The van der Waals surface area contributed by atoms with Gasteiger partial charge in [0.1, 0.15) is 17.6 Å². The molecule has 0 spiro atoms. The molecule has 20 heavy (non-hydrogen) atoms. The van der Waals surface area contributed by atoms with Gasteiger partial charge in [-0.1, -0.05) is 33.8 Å². The monoisotopic (exact) mass is 277 g/mol. The maximum atomic E-state index is 6.23. The van der Waals surface area contributed by atoms with Gasteiger partial charge in [-0.05, 0) is 24.4 Å². The number of hydrogen-bond donors (Lipinski definition) is 1. The number of ether oxygens (including phenoxy) is 2. The summed E-state index contributed by atoms with van der Waals surface area (Å²) < 4.78 is 11.5. The minimum atomic E-state index is 0.132. The van der Waals surface area contributed by atoms with Gasteiger partial charge in [0.15, 0.2) is 0 Å². The highest BCUT2D eigenvalue weighted by atomic mass is 16.5. The summed E-state index contributed by atoms with van der Waals surface area (Å²) in [4.78, 5) is 0. The van der Waals surface area contributed by atoms with E-state index in [1.54, 1.807) is 7.11 Å². The lowest BCUT2D eigenvalue weighted by atomic mass is 9.82. The molecule has 0 amide bonds. The Labute approximate surface area is 122 Å². The van der Waals surface area contributed by atoms with E-state index in [-0.39, 0.29) is 11.5 Å². The van der Waals surface area contributed by atoms with E-state index < -0.39 is 0 Å². The van der Waals surface area contributed by atoms with Crippen molar-refractivity contribution < 1.29 is 9.47 Å². The van der Waals surface area contributed by atoms with E-state index in [1.165, 1.54) is 5.56 Å². The molecule has 112 valence electrons. The molecule has 0 bridgehead atoms. The molecule has 1 aliphatic heterocycles. The van der Waals surface area contributed by atoms with E-state index >= 15 is 0 Å². The molecule has 0 aliphatic carbocycles. The molecule has 3 heteroatoms. The number of benzene rings is 1. The Balaban J connectivity index is 2.30. The predicted molar refractivity (Wildman–Crippen MR) is 82.5 cm³/mol. The second-order valence-corrected chi connectivity index (χ2v) is 6.62. The van der Waals surface area contributed by atoms with Crippen LogP contribution in [0.1, 0.15) is 52.1 Å². The van der Waals surface area contributed by atoms with Crippen molar-refractivity contribution >= 4 is 0 Å². The lowest BCUT2D eigenvalue weighted by Crippen LogP contribution is -2.40. The SMILES string of the molecule is CCCNC1CC(C(C)(C)C)Oc2cc(OC)ccc21. The minimum Gasteiger partial charge on any atom is -0.497 e. The van der Waals surface area contributed by atoms with Crippen molar-refractivity contribution in [2.24, 2.45) is 5.41 Å². The fourth-order valence-corrected chi connectivity index (χ4v) is 2.62. The molecule has 1 aromatic carbocycles. The summed E-state index contributed by atoms with van der Waals surface area (Å²) in [5.41, 5.74) is 1.38. The van der Waals surface area contributed by atoms with Gasteiger partial charge in [-0.25, -0.2) is 0 Å². The van der Waals surface area contributed by atoms with Crippen LogP contribution in [0.15, 0.2) is 18.2 Å². The van der Waals surface area contributed by atoms with Crippen molar-refractivity contribution in [3.05, 3.63) is 23.8 Å². The molecular formula is C17H27NO2. The molecule has 0 aromatic heterocycles. The smallest absolute Gasteiger partial charge is 0.128 e. The zero-order chi connectivity index (χ0) is 14.8. The average Bonchev–Trinajstić information content (AvgIpc) is 2.42. The fourth-order valence-electron chi connectivity index (χ4n) is 2.62. The van der Waals surface area contributed by atoms with Crippen LogP contribution in [0.25, 0.3) is 0 Å². The summed E-state index contributed by atoms with van der Waals surface area (Å²) in [7, 11) is 1.69. The largest absolute Gasteiger partial charge is 0.497 e. The third-order valence-corrected chi connectivity index (χ3v) is 3.92. The first-order valence-corrected chi connectivity index (χ1v) is 7.53. The van der Waals surface area contributed by atoms with Gasteiger partial charge in [-0.15, -0.1) is 0 Å². The Bertz CT molecular complexity index is 451. The second kappa shape index (κ2) is 6.04. The number of fused-ring (bicyclic) bond motifs is 1. The Hall–Kier alpha value is -1.22. The van der Waals surface area contributed by atoms with E-state index in [0.29, 0.717) is 6.04 Å². The lowest BCUT2D eigenvalue weighted by molar-refractivity contribution is 0.0526. The second-order valence-electron chi connectivity index (χ2n) is 6.62. The van der Waals surface area contributed by atoms with E-state index in [4.69, 9.17) is 9.47 Å². The van der Waals surface area contributed by atoms with Gasteiger partial charge in [-0.2, -0.15) is 0 Å². The molecule has 0 fully saturated rings. The van der Waals surface area contributed by atoms with Crippen LogP contribution >= 0.6 is 0 Å². The first kappa shape index (κ1) is 15.2. The van der Waals surface area contributed by atoms with Crippen molar-refractivity contribution in [1.82, 2.24) is 5.32 Å². The summed E-state index contributed by atoms with van der Waals surface area (Å²) in [6.45, 7) is 9.94. The van der Waals surface area contributed by atoms with Crippen LogP contribution in [0.3, 0.4) is 0 Å². The summed E-state index contributed by atoms with van der Waals surface area (Å²) in [6, 6.07) is 6.52. The normalized spacial score (nSPS) is 22.1. The van der Waals surface area contributed by atoms with Crippen molar-refractivity contribution in [3.8, 4) is 11.5 Å². The lowest BCUT2D eigenvalue weighted by Gasteiger charge is -2.39. The van der Waals surface area contributed by atoms with Crippen LogP contribution < -0.4 is 14.8 Å². The summed E-state index contributed by atoms with van der Waals surface area (Å²) in [5.74, 6) is 1.82. The van der Waals surface area contributed by atoms with Crippen LogP contribution in [-0.4, -0.2) is 19.8 Å². The number of hydrogen-bond acceptors (Lipinski definition) is 3. The van der Waals surface area contributed by atoms with Crippen molar-refractivity contribution in [2.45, 2.75) is 52.7 Å². The molecular weight excluding hydrogens is 250 g/mol. The van der Waals surface area contributed by atoms with Gasteiger partial charge in [-0.3, -0.25) is 0 Å². The molecule has 3 nitrogen and oxygen atoms in total. The highest BCUT2D eigenvalue weighted by molar-refractivity contribution is 5.44. The van der Waals surface area contributed by atoms with E-state index in [0.717, 1.165) is 30.9 Å². The first-order chi connectivity index (χ1) is 9.45. The number of rotatable bonds is 4. The number of nitrogens with one attached hydrogen (secondary N) is 1. The van der Waals surface area contributed by atoms with Gasteiger partial charge in [0, 0.05) is 24.1 Å². The Morgan fingerprint density at radius 2 is 2.10 bits per heavy atom. The summed E-state index contributed by atoms with van der Waals surface area (Å²) >= 11 is 0. The molecule has 0 saturated carbocycles. The van der Waals surface area contributed by atoms with Crippen LogP contribution in [0.5, 0.6) is 11.5 Å². The molecule has 2 unspecified atom stereocenters. The molecule has 1 aromatic rings. The fraction of sp³-hybridized carbons (Fsp3) is 0.647. The van der Waals surface area contributed by atoms with Crippen LogP contribution in [-0.2, 0) is 0 Å². The van der Waals surface area contributed by atoms with Crippen molar-refractivity contribution in [2.75, 3.05) is 13.7 Å². The maximum absolute atomic E-state index is 6.23. The van der Waals surface area contributed by atoms with Gasteiger partial charge in [0.05, 0.1) is 7.11 Å². The topological polar surface area (TPSA) is 30.5 Å². The summed E-state index contributed by atoms with van der Waals surface area (Å²) in [5, 5.41) is 3.65. The average molecular weight is 277 g/mol. The Kier molecular flexibility index (Phi) is 4.59. The standard InChI is InChI=1S/C17H27NO2/c1-6-9-18-14-11-16(17(2,3)4)20-15-10-12(19-5)7-8-13(14)15/h7-8,10,14,16,18H,6,9,11H2,1-5H3. The predicted octanol–water partition coefficient (Wildman–Crippen LogP) is 3.93. The molecule has 0 saturated heterocycles. The molecule has 2 atom stereocenters. The molecule has 1 aliphatic rings. The highest BCUT2D eigenvalue weighted by Crippen LogP contribution is 2.41. The molecule has 0 radical (unpaired) electrons. The minimum absolute atomic E-state index is 0.132. The first-order valence-electron chi connectivity index (χ1n) is 7.53. The quantitative estimate of drug-likeness (QED) is 0.904. The molecule has 1 N–H and O–H groups in total. The van der Waals surface area contributed by atoms with Crippen molar-refractivity contribution in [3.63, 3.8) is 0 Å². The van der Waals surface area contributed by atoms with Crippen LogP contribution in [0.4, 0.5) is 0 Å². The van der Waals surface area contributed by atoms with Gasteiger partial charge in [0.25, 0.3) is 0 Å². The van der Waals surface area contributed by atoms with Gasteiger partial charge in [0.2, 0.25) is 0 Å². The molecule has 1 heterocycles. The van der Waals surface area contributed by atoms with Crippen LogP contribution in [0, 0.1) is 5.41 Å². The summed E-state index contributed by atoms with van der Waals surface area (Å²) in [6.07, 6.45) is 2.38. The Morgan fingerprint density at radius 1 is 1.35 bits per heavy atom. The zero-order valence-electron chi connectivity index (χ0n) is 13.3. The zero-order valence-corrected chi connectivity index (χ0v) is 13.3. The Morgan fingerprint density at radius 3 is 2.70 bits per heavy atom. The third kappa shape index (κ3) is 3.26. The maximum Gasteiger partial charge on any atom is 0.128 e. The van der Waals surface area contributed by atoms with E-state index in [9.17, 15) is 0 Å². The van der Waals surface area contributed by atoms with Crippen molar-refractivity contribution in [1.29, 1.82) is 0 Å². The van der Waals surface area contributed by atoms with E-state index in [2.05, 4.69) is 39.1 Å². The highest BCUT2D eigenvalue weighted by Gasteiger charge is 2.35. The third-order valence-electron chi connectivity index (χ3n) is 3.92. The van der Waals surface area contributed by atoms with E-state index in [1.807, 2.05) is 12.1 Å². The van der Waals surface area contributed by atoms with Gasteiger partial charge >= 0.3 is 0 Å². The number of methoxy groups -OCH3 is 1.